The quantitative estimate of drug-likeness (QED) is 0.598. The van der Waals surface area contributed by atoms with Crippen molar-refractivity contribution in [3.8, 4) is 11.5 Å². The summed E-state index contributed by atoms with van der Waals surface area (Å²) in [5.74, 6) is 0.991. The fourth-order valence-corrected chi connectivity index (χ4v) is 2.88. The van der Waals surface area contributed by atoms with E-state index < -0.39 is 0 Å². The Hall–Kier alpha value is -3.34. The van der Waals surface area contributed by atoms with Crippen molar-refractivity contribution in [1.29, 1.82) is 0 Å². The number of halogens is 1. The second-order valence-electron chi connectivity index (χ2n) is 6.36. The van der Waals surface area contributed by atoms with Gasteiger partial charge in [0.05, 0.1) is 14.2 Å². The van der Waals surface area contributed by atoms with Crippen LogP contribution >= 0.6 is 0 Å². The van der Waals surface area contributed by atoms with Crippen LogP contribution in [-0.4, -0.2) is 25.0 Å². The Morgan fingerprint density at radius 2 is 1.18 bits per heavy atom. The standard InChI is InChI=1S/C23H22FNO3/c1-27-21-11-3-17(4-12-21)15-25(16-18-5-13-22(28-2)14-6-18)23(26)19-7-9-20(24)10-8-19/h3-14H,15-16H2,1-2H3. The first kappa shape index (κ1) is 19.4. The molecule has 1 amide bonds. The Balaban J connectivity index is 1.84. The SMILES string of the molecule is COc1ccc(CN(Cc2ccc(OC)cc2)C(=O)c2ccc(F)cc2)cc1. The molecule has 5 heteroatoms. The van der Waals surface area contributed by atoms with Crippen LogP contribution in [0.1, 0.15) is 21.5 Å². The van der Waals surface area contributed by atoms with Crippen LogP contribution in [-0.2, 0) is 13.1 Å². The second-order valence-corrected chi connectivity index (χ2v) is 6.36. The molecule has 0 aliphatic rings. The van der Waals surface area contributed by atoms with Gasteiger partial charge in [-0.05, 0) is 59.7 Å². The summed E-state index contributed by atoms with van der Waals surface area (Å²) in [6, 6.07) is 20.8. The van der Waals surface area contributed by atoms with Gasteiger partial charge in [0.15, 0.2) is 0 Å². The van der Waals surface area contributed by atoms with Crippen LogP contribution in [0.15, 0.2) is 72.8 Å². The number of hydrogen-bond donors (Lipinski definition) is 0. The van der Waals surface area contributed by atoms with E-state index in [0.717, 1.165) is 22.6 Å². The van der Waals surface area contributed by atoms with Crippen molar-refractivity contribution < 1.29 is 18.7 Å². The van der Waals surface area contributed by atoms with Gasteiger partial charge in [-0.2, -0.15) is 0 Å². The van der Waals surface area contributed by atoms with Gasteiger partial charge in [0.2, 0.25) is 0 Å². The van der Waals surface area contributed by atoms with Gasteiger partial charge in [0.25, 0.3) is 5.91 Å². The normalized spacial score (nSPS) is 10.4. The average Bonchev–Trinajstić information content (AvgIpc) is 2.74. The van der Waals surface area contributed by atoms with Crippen LogP contribution in [0.4, 0.5) is 4.39 Å². The summed E-state index contributed by atoms with van der Waals surface area (Å²) in [5, 5.41) is 0. The largest absolute Gasteiger partial charge is 0.497 e. The summed E-state index contributed by atoms with van der Waals surface area (Å²) in [7, 11) is 3.23. The Morgan fingerprint density at radius 1 is 0.750 bits per heavy atom. The van der Waals surface area contributed by atoms with Crippen molar-refractivity contribution in [3.05, 3.63) is 95.3 Å². The lowest BCUT2D eigenvalue weighted by Crippen LogP contribution is -2.30. The summed E-state index contributed by atoms with van der Waals surface area (Å²) in [6.45, 7) is 0.846. The Bertz CT molecular complexity index is 857. The maximum atomic E-state index is 13.2. The summed E-state index contributed by atoms with van der Waals surface area (Å²) in [4.78, 5) is 14.8. The van der Waals surface area contributed by atoms with E-state index in [2.05, 4.69) is 0 Å². The first-order valence-corrected chi connectivity index (χ1v) is 8.90. The number of carbonyl (C=O) groups is 1. The molecule has 4 nitrogen and oxygen atoms in total. The predicted molar refractivity (Wildman–Crippen MR) is 106 cm³/mol. The fourth-order valence-electron chi connectivity index (χ4n) is 2.88. The number of rotatable bonds is 7. The van der Waals surface area contributed by atoms with Gasteiger partial charge in [-0.25, -0.2) is 4.39 Å². The molecule has 0 spiro atoms. The fraction of sp³-hybridized carbons (Fsp3) is 0.174. The molecule has 0 heterocycles. The van der Waals surface area contributed by atoms with E-state index in [-0.39, 0.29) is 11.7 Å². The Labute approximate surface area is 164 Å². The monoisotopic (exact) mass is 379 g/mol. The number of hydrogen-bond acceptors (Lipinski definition) is 3. The zero-order valence-corrected chi connectivity index (χ0v) is 15.9. The van der Waals surface area contributed by atoms with Crippen LogP contribution in [0.2, 0.25) is 0 Å². The molecule has 3 aromatic carbocycles. The highest BCUT2D eigenvalue weighted by molar-refractivity contribution is 5.94. The zero-order chi connectivity index (χ0) is 19.9. The molecule has 3 rings (SSSR count). The lowest BCUT2D eigenvalue weighted by molar-refractivity contribution is 0.0730. The van der Waals surface area contributed by atoms with Crippen LogP contribution in [0.3, 0.4) is 0 Å². The van der Waals surface area contributed by atoms with Gasteiger partial charge < -0.3 is 14.4 Å². The summed E-state index contributed by atoms with van der Waals surface area (Å²) < 4.78 is 23.6. The van der Waals surface area contributed by atoms with Crippen molar-refractivity contribution in [1.82, 2.24) is 4.90 Å². The van der Waals surface area contributed by atoms with E-state index in [1.807, 2.05) is 48.5 Å². The summed E-state index contributed by atoms with van der Waals surface area (Å²) in [5.41, 5.74) is 2.40. The maximum Gasteiger partial charge on any atom is 0.254 e. The lowest BCUT2D eigenvalue weighted by atomic mass is 10.1. The van der Waals surface area contributed by atoms with Gasteiger partial charge in [-0.1, -0.05) is 24.3 Å². The number of carbonyl (C=O) groups excluding carboxylic acids is 1. The van der Waals surface area contributed by atoms with E-state index >= 15 is 0 Å². The minimum absolute atomic E-state index is 0.161. The highest BCUT2D eigenvalue weighted by Crippen LogP contribution is 2.19. The molecular weight excluding hydrogens is 357 g/mol. The highest BCUT2D eigenvalue weighted by atomic mass is 19.1. The van der Waals surface area contributed by atoms with Crippen LogP contribution in [0.5, 0.6) is 11.5 Å². The smallest absolute Gasteiger partial charge is 0.254 e. The molecule has 28 heavy (non-hydrogen) atoms. The number of benzene rings is 3. The van der Waals surface area contributed by atoms with Crippen molar-refractivity contribution in [3.63, 3.8) is 0 Å². The van der Waals surface area contributed by atoms with E-state index in [1.54, 1.807) is 19.1 Å². The predicted octanol–water partition coefficient (Wildman–Crippen LogP) is 4.69. The Morgan fingerprint density at radius 3 is 1.57 bits per heavy atom. The molecule has 0 fully saturated rings. The zero-order valence-electron chi connectivity index (χ0n) is 15.9. The van der Waals surface area contributed by atoms with Crippen molar-refractivity contribution in [2.75, 3.05) is 14.2 Å². The van der Waals surface area contributed by atoms with E-state index in [0.29, 0.717) is 18.7 Å². The minimum atomic E-state index is -0.367. The second kappa shape index (κ2) is 9.04. The maximum absolute atomic E-state index is 13.2. The lowest BCUT2D eigenvalue weighted by Gasteiger charge is -2.23. The third-order valence-electron chi connectivity index (χ3n) is 4.44. The first-order valence-electron chi connectivity index (χ1n) is 8.90. The van der Waals surface area contributed by atoms with Crippen LogP contribution < -0.4 is 9.47 Å². The number of ether oxygens (including phenoxy) is 2. The summed E-state index contributed by atoms with van der Waals surface area (Å²) in [6.07, 6.45) is 0. The van der Waals surface area contributed by atoms with Gasteiger partial charge in [0.1, 0.15) is 17.3 Å². The molecule has 0 atom stereocenters. The number of nitrogens with zero attached hydrogens (tertiary/aromatic N) is 1. The molecule has 0 N–H and O–H groups in total. The van der Waals surface area contributed by atoms with E-state index in [1.165, 1.54) is 24.3 Å². The van der Waals surface area contributed by atoms with Gasteiger partial charge in [-0.3, -0.25) is 4.79 Å². The average molecular weight is 379 g/mol. The van der Waals surface area contributed by atoms with E-state index in [4.69, 9.17) is 9.47 Å². The molecule has 0 saturated carbocycles. The third-order valence-corrected chi connectivity index (χ3v) is 4.44. The third kappa shape index (κ3) is 4.88. The number of methoxy groups -OCH3 is 2. The molecule has 0 radical (unpaired) electrons. The first-order chi connectivity index (χ1) is 13.6. The minimum Gasteiger partial charge on any atom is -0.497 e. The van der Waals surface area contributed by atoms with Crippen LogP contribution in [0, 0.1) is 5.82 Å². The van der Waals surface area contributed by atoms with Crippen molar-refractivity contribution in [2.24, 2.45) is 0 Å². The molecule has 3 aromatic rings. The van der Waals surface area contributed by atoms with Crippen LogP contribution in [0.25, 0.3) is 0 Å². The Kier molecular flexibility index (Phi) is 6.27. The molecule has 144 valence electrons. The molecule has 0 unspecified atom stereocenters. The van der Waals surface area contributed by atoms with Crippen molar-refractivity contribution >= 4 is 5.91 Å². The number of amides is 1. The van der Waals surface area contributed by atoms with E-state index in [9.17, 15) is 9.18 Å². The highest BCUT2D eigenvalue weighted by Gasteiger charge is 2.17. The molecule has 0 aromatic heterocycles. The molecule has 0 bridgehead atoms. The summed E-state index contributed by atoms with van der Waals surface area (Å²) >= 11 is 0. The van der Waals surface area contributed by atoms with Gasteiger partial charge in [-0.15, -0.1) is 0 Å². The molecular formula is C23H22FNO3. The van der Waals surface area contributed by atoms with Gasteiger partial charge in [0, 0.05) is 18.7 Å². The van der Waals surface area contributed by atoms with Crippen molar-refractivity contribution in [2.45, 2.75) is 13.1 Å². The molecule has 0 aliphatic heterocycles. The molecule has 0 aliphatic carbocycles. The van der Waals surface area contributed by atoms with Gasteiger partial charge >= 0.3 is 0 Å². The molecule has 0 saturated heterocycles. The topological polar surface area (TPSA) is 38.8 Å².